The van der Waals surface area contributed by atoms with E-state index in [9.17, 15) is 0 Å². The molecule has 5 rings (SSSR count). The first-order valence-electron chi connectivity index (χ1n) is 8.73. The number of fused-ring (bicyclic) bond motifs is 2. The Morgan fingerprint density at radius 2 is 1.89 bits per heavy atom. The summed E-state index contributed by atoms with van der Waals surface area (Å²) >= 11 is 0. The van der Waals surface area contributed by atoms with Gasteiger partial charge in [0.25, 0.3) is 0 Å². The molecular weight excluding hydrogens is 336 g/mol. The summed E-state index contributed by atoms with van der Waals surface area (Å²) in [5.74, 6) is 1.33. The fourth-order valence-electron chi connectivity index (χ4n) is 3.14. The van der Waals surface area contributed by atoms with Crippen molar-refractivity contribution in [3.8, 4) is 11.5 Å². The average Bonchev–Trinajstić information content (AvgIpc) is 3.16. The summed E-state index contributed by atoms with van der Waals surface area (Å²) in [6, 6.07) is 15.8. The predicted molar refractivity (Wildman–Crippen MR) is 106 cm³/mol. The molecule has 0 aliphatic carbocycles. The summed E-state index contributed by atoms with van der Waals surface area (Å²) in [5.41, 5.74) is 5.46. The Hall–Kier alpha value is -3.67. The number of para-hydroxylation sites is 1. The quantitative estimate of drug-likeness (QED) is 0.601. The molecule has 0 saturated heterocycles. The molecule has 6 heteroatoms. The van der Waals surface area contributed by atoms with Crippen LogP contribution in [0.3, 0.4) is 0 Å². The monoisotopic (exact) mass is 352 g/mol. The normalized spacial score (nSPS) is 12.3. The van der Waals surface area contributed by atoms with Crippen LogP contribution in [0.2, 0.25) is 0 Å². The van der Waals surface area contributed by atoms with Crippen LogP contribution < -0.4 is 5.32 Å². The van der Waals surface area contributed by atoms with Crippen LogP contribution in [-0.4, -0.2) is 26.2 Å². The molecule has 0 unspecified atom stereocenters. The molecule has 6 nitrogen and oxygen atoms in total. The highest BCUT2D eigenvalue weighted by atomic mass is 15.1. The number of rotatable bonds is 3. The molecule has 0 spiro atoms. The van der Waals surface area contributed by atoms with Crippen LogP contribution in [0.15, 0.2) is 59.7 Å². The third-order valence-electron chi connectivity index (χ3n) is 4.46. The third kappa shape index (κ3) is 2.91. The molecule has 0 bridgehead atoms. The maximum Gasteiger partial charge on any atom is 0.180 e. The molecule has 0 amide bonds. The molecule has 1 N–H and O–H groups in total. The van der Waals surface area contributed by atoms with Gasteiger partial charge in [-0.05, 0) is 37.3 Å². The number of aliphatic imine (C=N–C) groups is 1. The average molecular weight is 352 g/mol. The number of benzene rings is 1. The Bertz CT molecular complexity index is 1200. The second kappa shape index (κ2) is 6.25. The number of pyridine rings is 2. The number of anilines is 2. The van der Waals surface area contributed by atoms with Crippen LogP contribution in [0, 0.1) is 6.92 Å². The van der Waals surface area contributed by atoms with Gasteiger partial charge in [0, 0.05) is 22.9 Å². The van der Waals surface area contributed by atoms with E-state index in [0.29, 0.717) is 12.4 Å². The highest BCUT2D eigenvalue weighted by molar-refractivity contribution is 5.92. The van der Waals surface area contributed by atoms with Gasteiger partial charge in [0.1, 0.15) is 11.5 Å². The Balaban J connectivity index is 1.63. The van der Waals surface area contributed by atoms with Crippen molar-refractivity contribution in [1.29, 1.82) is 0 Å². The Morgan fingerprint density at radius 1 is 0.963 bits per heavy atom. The number of hydrogen-bond donors (Lipinski definition) is 1. The Morgan fingerprint density at radius 3 is 2.81 bits per heavy atom. The lowest BCUT2D eigenvalue weighted by molar-refractivity contribution is 1.02. The maximum atomic E-state index is 4.75. The van der Waals surface area contributed by atoms with Crippen molar-refractivity contribution in [2.75, 3.05) is 5.32 Å². The molecule has 1 aliphatic rings. The molecule has 0 fully saturated rings. The van der Waals surface area contributed by atoms with Crippen molar-refractivity contribution in [3.05, 3.63) is 71.7 Å². The zero-order valence-electron chi connectivity index (χ0n) is 14.7. The molecule has 3 aromatic heterocycles. The largest absolute Gasteiger partial charge is 0.338 e. The fourth-order valence-corrected chi connectivity index (χ4v) is 3.14. The summed E-state index contributed by atoms with van der Waals surface area (Å²) in [4.78, 5) is 22.8. The van der Waals surface area contributed by atoms with Crippen LogP contribution >= 0.6 is 0 Å². The first-order valence-corrected chi connectivity index (χ1v) is 8.73. The van der Waals surface area contributed by atoms with Gasteiger partial charge < -0.3 is 5.32 Å². The second-order valence-corrected chi connectivity index (χ2v) is 6.43. The van der Waals surface area contributed by atoms with E-state index in [1.807, 2.05) is 67.9 Å². The maximum absolute atomic E-state index is 4.75. The first kappa shape index (κ1) is 15.6. The van der Waals surface area contributed by atoms with Gasteiger partial charge in [-0.15, -0.1) is 0 Å². The second-order valence-electron chi connectivity index (χ2n) is 6.43. The molecule has 27 heavy (non-hydrogen) atoms. The van der Waals surface area contributed by atoms with Crippen molar-refractivity contribution in [2.45, 2.75) is 13.5 Å². The molecule has 4 aromatic rings. The number of hydrogen-bond acceptors (Lipinski definition) is 6. The summed E-state index contributed by atoms with van der Waals surface area (Å²) < 4.78 is 0. The molecule has 4 heterocycles. The minimum absolute atomic E-state index is 0.593. The van der Waals surface area contributed by atoms with Crippen LogP contribution in [0.25, 0.3) is 22.4 Å². The molecule has 0 radical (unpaired) electrons. The van der Waals surface area contributed by atoms with Crippen molar-refractivity contribution in [3.63, 3.8) is 0 Å². The first-order chi connectivity index (χ1) is 13.3. The lowest BCUT2D eigenvalue weighted by Crippen LogP contribution is -2.02. The van der Waals surface area contributed by atoms with Crippen LogP contribution in [-0.2, 0) is 6.54 Å². The zero-order chi connectivity index (χ0) is 18.2. The highest BCUT2D eigenvalue weighted by Gasteiger charge is 2.13. The SMILES string of the molecule is Cc1cccc(-c2nc(Nc3cnc4c(c3)C=NC4)c3ccccc3n2)n1. The van der Waals surface area contributed by atoms with Crippen LogP contribution in [0.4, 0.5) is 11.5 Å². The molecule has 130 valence electrons. The van der Waals surface area contributed by atoms with Crippen molar-refractivity contribution in [2.24, 2.45) is 4.99 Å². The van der Waals surface area contributed by atoms with E-state index in [-0.39, 0.29) is 0 Å². The van der Waals surface area contributed by atoms with E-state index in [1.165, 1.54) is 0 Å². The van der Waals surface area contributed by atoms with Crippen LogP contribution in [0.5, 0.6) is 0 Å². The van der Waals surface area contributed by atoms with Gasteiger partial charge in [-0.1, -0.05) is 18.2 Å². The topological polar surface area (TPSA) is 76.0 Å². The lowest BCUT2D eigenvalue weighted by atomic mass is 10.2. The minimum Gasteiger partial charge on any atom is -0.338 e. The van der Waals surface area contributed by atoms with E-state index in [0.717, 1.165) is 45.1 Å². The van der Waals surface area contributed by atoms with E-state index < -0.39 is 0 Å². The molecule has 1 aliphatic heterocycles. The van der Waals surface area contributed by atoms with Gasteiger partial charge in [0.05, 0.1) is 29.6 Å². The summed E-state index contributed by atoms with van der Waals surface area (Å²) in [7, 11) is 0. The van der Waals surface area contributed by atoms with E-state index in [2.05, 4.69) is 20.3 Å². The molecular formula is C21H16N6. The van der Waals surface area contributed by atoms with Gasteiger partial charge in [0.2, 0.25) is 0 Å². The number of nitrogens with one attached hydrogen (secondary N) is 1. The zero-order valence-corrected chi connectivity index (χ0v) is 14.7. The van der Waals surface area contributed by atoms with Crippen molar-refractivity contribution >= 4 is 28.6 Å². The summed E-state index contributed by atoms with van der Waals surface area (Å²) in [6.07, 6.45) is 3.67. The Labute approximate surface area is 156 Å². The smallest absolute Gasteiger partial charge is 0.180 e. The van der Waals surface area contributed by atoms with Gasteiger partial charge in [-0.25, -0.2) is 15.0 Å². The number of aromatic nitrogens is 4. The van der Waals surface area contributed by atoms with E-state index in [4.69, 9.17) is 9.97 Å². The number of aryl methyl sites for hydroxylation is 1. The van der Waals surface area contributed by atoms with Crippen LogP contribution in [0.1, 0.15) is 17.0 Å². The molecule has 0 atom stereocenters. The fraction of sp³-hybridized carbons (Fsp3) is 0.0952. The third-order valence-corrected chi connectivity index (χ3v) is 4.46. The van der Waals surface area contributed by atoms with Gasteiger partial charge in [-0.3, -0.25) is 9.98 Å². The van der Waals surface area contributed by atoms with E-state index >= 15 is 0 Å². The van der Waals surface area contributed by atoms with Crippen molar-refractivity contribution < 1.29 is 0 Å². The molecule has 1 aromatic carbocycles. The van der Waals surface area contributed by atoms with E-state index in [1.54, 1.807) is 0 Å². The lowest BCUT2D eigenvalue weighted by Gasteiger charge is -2.11. The highest BCUT2D eigenvalue weighted by Crippen LogP contribution is 2.27. The standard InChI is InChI=1S/C21H16N6/c1-13-5-4-8-18(24-13)21-26-17-7-3-2-6-16(17)20(27-21)25-15-9-14-10-22-12-19(14)23-11-15/h2-11H,12H2,1H3,(H,25,26,27). The van der Waals surface area contributed by atoms with Gasteiger partial charge in [0.15, 0.2) is 5.82 Å². The Kier molecular flexibility index (Phi) is 3.60. The predicted octanol–water partition coefficient (Wildman–Crippen LogP) is 4.07. The minimum atomic E-state index is 0.593. The summed E-state index contributed by atoms with van der Waals surface area (Å²) in [5, 5.41) is 4.35. The molecule has 0 saturated carbocycles. The summed E-state index contributed by atoms with van der Waals surface area (Å²) in [6.45, 7) is 2.61. The van der Waals surface area contributed by atoms with Gasteiger partial charge in [-0.2, -0.15) is 0 Å². The van der Waals surface area contributed by atoms with Gasteiger partial charge >= 0.3 is 0 Å². The number of nitrogens with zero attached hydrogens (tertiary/aromatic N) is 5. The van der Waals surface area contributed by atoms with Crippen molar-refractivity contribution in [1.82, 2.24) is 19.9 Å².